The van der Waals surface area contributed by atoms with Gasteiger partial charge in [0.2, 0.25) is 11.8 Å². The first-order valence-corrected chi connectivity index (χ1v) is 19.8. The second kappa shape index (κ2) is 23.2. The van der Waals surface area contributed by atoms with Crippen LogP contribution in [-0.2, 0) is 25.6 Å². The van der Waals surface area contributed by atoms with E-state index in [1.165, 1.54) is 14.2 Å². The molecule has 318 valence electrons. The van der Waals surface area contributed by atoms with Gasteiger partial charge in [-0.1, -0.05) is 71.9 Å². The number of rotatable bonds is 15. The summed E-state index contributed by atoms with van der Waals surface area (Å²) in [4.78, 5) is 73.7. The molecular weight excluding hydrogens is 753 g/mol. The van der Waals surface area contributed by atoms with Crippen LogP contribution in [0.15, 0.2) is 61.1 Å². The van der Waals surface area contributed by atoms with Gasteiger partial charge < -0.3 is 40.7 Å². The number of methoxy groups -OCH3 is 2. The maximum absolute atomic E-state index is 13.0. The maximum Gasteiger partial charge on any atom is 0.404 e. The van der Waals surface area contributed by atoms with Crippen LogP contribution in [0.25, 0.3) is 44.8 Å². The van der Waals surface area contributed by atoms with Crippen LogP contribution in [-0.4, -0.2) is 91.0 Å². The van der Waals surface area contributed by atoms with E-state index in [0.29, 0.717) is 43.4 Å². The first-order chi connectivity index (χ1) is 28.1. The van der Waals surface area contributed by atoms with E-state index in [4.69, 9.17) is 9.97 Å². The second-order valence-electron chi connectivity index (χ2n) is 14.8. The Bertz CT molecular complexity index is 2080. The van der Waals surface area contributed by atoms with E-state index in [-0.39, 0.29) is 17.9 Å². The number of nitrogens with zero attached hydrogens (tertiary/aromatic N) is 6. The zero-order valence-electron chi connectivity index (χ0n) is 35.7. The number of primary amides is 2. The Morgan fingerprint density at radius 1 is 0.695 bits per heavy atom. The number of fused-ring (bicyclic) bond motifs is 1. The van der Waals surface area contributed by atoms with Crippen molar-refractivity contribution in [3.05, 3.63) is 72.7 Å². The second-order valence-corrected chi connectivity index (χ2v) is 14.8. The van der Waals surface area contributed by atoms with Gasteiger partial charge in [0.1, 0.15) is 11.6 Å². The topological polar surface area (TPSA) is 228 Å². The molecule has 4 aromatic heterocycles. The SMILES string of the molecule is CCCN(Cc1ncc(-c2ccc(-c3ccc(-c4cnc5nc(C(C)N(CCC)C(=O)CC(C)C)[nH]c5c4)nc3)cc2)[nH]1)C(=O)CC(C)C.COC(N)=O.COC(N)=O. The van der Waals surface area contributed by atoms with Gasteiger partial charge in [-0.15, -0.1) is 0 Å². The first-order valence-electron chi connectivity index (χ1n) is 19.8. The Morgan fingerprint density at radius 2 is 1.25 bits per heavy atom. The van der Waals surface area contributed by atoms with Gasteiger partial charge in [-0.25, -0.2) is 24.5 Å². The molecule has 5 aromatic rings. The summed E-state index contributed by atoms with van der Waals surface area (Å²) in [5, 5.41) is 0. The zero-order chi connectivity index (χ0) is 43.6. The highest BCUT2D eigenvalue weighted by atomic mass is 16.5. The lowest BCUT2D eigenvalue weighted by atomic mass is 10.0. The molecule has 0 saturated carbocycles. The van der Waals surface area contributed by atoms with Crippen LogP contribution in [0, 0.1) is 11.8 Å². The highest BCUT2D eigenvalue weighted by molar-refractivity contribution is 5.79. The summed E-state index contributed by atoms with van der Waals surface area (Å²) in [5.41, 5.74) is 16.0. The van der Waals surface area contributed by atoms with Crippen molar-refractivity contribution in [2.45, 2.75) is 86.7 Å². The number of nitrogens with two attached hydrogens (primary N) is 2. The van der Waals surface area contributed by atoms with E-state index in [9.17, 15) is 19.2 Å². The molecule has 0 fully saturated rings. The van der Waals surface area contributed by atoms with Gasteiger partial charge in [0, 0.05) is 49.5 Å². The van der Waals surface area contributed by atoms with E-state index in [1.807, 2.05) is 41.2 Å². The van der Waals surface area contributed by atoms with Crippen LogP contribution in [0.1, 0.15) is 91.8 Å². The molecule has 0 aliphatic carbocycles. The number of carbonyl (C=O) groups excluding carboxylic acids is 4. The number of amides is 4. The number of imidazole rings is 2. The number of carbonyl (C=O) groups is 4. The molecule has 5 rings (SSSR count). The standard InChI is InChI=1S/C39H50N8O2.2C2H5NO2/c1-8-16-46(36(48)18-25(3)4)24-35-41-23-34(43-35)29-12-10-28(11-13-29)30-14-15-32(40-21-30)31-20-33-39(42-22-31)45-38(44-33)27(7)47(17-9-2)37(49)19-26(5)6;2*1-5-2(3)4/h10-15,20-23,25-27H,8-9,16-19,24H2,1-7H3,(H,41,43)(H,42,44,45);2*1H3,(H2,3,4). The lowest BCUT2D eigenvalue weighted by Crippen LogP contribution is -2.35. The lowest BCUT2D eigenvalue weighted by molar-refractivity contribution is -0.134. The van der Waals surface area contributed by atoms with E-state index < -0.39 is 12.2 Å². The van der Waals surface area contributed by atoms with E-state index >= 15 is 0 Å². The number of H-pyrrole nitrogens is 2. The Labute approximate surface area is 346 Å². The Hall–Kier alpha value is -6.32. The number of benzene rings is 1. The van der Waals surface area contributed by atoms with Crippen LogP contribution >= 0.6 is 0 Å². The fourth-order valence-electron chi connectivity index (χ4n) is 6.03. The van der Waals surface area contributed by atoms with Crippen molar-refractivity contribution < 1.29 is 28.7 Å². The Balaban J connectivity index is 0.000000831. The van der Waals surface area contributed by atoms with Gasteiger partial charge >= 0.3 is 12.2 Å². The van der Waals surface area contributed by atoms with Crippen molar-refractivity contribution in [2.75, 3.05) is 27.3 Å². The third-order valence-corrected chi connectivity index (χ3v) is 8.98. The molecule has 0 saturated heterocycles. The van der Waals surface area contributed by atoms with Gasteiger partial charge in [-0.3, -0.25) is 14.6 Å². The molecular formula is C43H60N10O6. The fourth-order valence-corrected chi connectivity index (χ4v) is 6.03. The molecule has 0 spiro atoms. The molecule has 1 atom stereocenters. The van der Waals surface area contributed by atoms with Crippen LogP contribution in [0.2, 0.25) is 0 Å². The molecule has 4 amide bonds. The normalized spacial score (nSPS) is 11.2. The summed E-state index contributed by atoms with van der Waals surface area (Å²) < 4.78 is 7.78. The molecule has 1 unspecified atom stereocenters. The summed E-state index contributed by atoms with van der Waals surface area (Å²) in [6.07, 6.45) is 6.87. The minimum Gasteiger partial charge on any atom is -0.453 e. The van der Waals surface area contributed by atoms with Crippen LogP contribution in [0.5, 0.6) is 0 Å². The minimum absolute atomic E-state index is 0.147. The van der Waals surface area contributed by atoms with Gasteiger partial charge in [0.25, 0.3) is 0 Å². The fraction of sp³-hybridized carbons (Fsp3) is 0.442. The van der Waals surface area contributed by atoms with Crippen molar-refractivity contribution in [1.29, 1.82) is 0 Å². The molecule has 0 aliphatic heterocycles. The molecule has 0 bridgehead atoms. The number of pyridine rings is 2. The predicted octanol–water partition coefficient (Wildman–Crippen LogP) is 7.63. The predicted molar refractivity (Wildman–Crippen MR) is 228 cm³/mol. The quantitative estimate of drug-likeness (QED) is 0.0808. The lowest BCUT2D eigenvalue weighted by Gasteiger charge is -2.28. The molecule has 16 heteroatoms. The average molecular weight is 813 g/mol. The third kappa shape index (κ3) is 14.5. The van der Waals surface area contributed by atoms with E-state index in [2.05, 4.69) is 113 Å². The molecule has 4 heterocycles. The Morgan fingerprint density at radius 3 is 1.80 bits per heavy atom. The van der Waals surface area contributed by atoms with Crippen LogP contribution in [0.4, 0.5) is 9.59 Å². The average Bonchev–Trinajstić information content (AvgIpc) is 3.87. The molecule has 1 aromatic carbocycles. The largest absolute Gasteiger partial charge is 0.453 e. The van der Waals surface area contributed by atoms with Crippen molar-refractivity contribution in [2.24, 2.45) is 23.3 Å². The van der Waals surface area contributed by atoms with Crippen LogP contribution < -0.4 is 11.5 Å². The van der Waals surface area contributed by atoms with Crippen molar-refractivity contribution >= 4 is 35.2 Å². The Kier molecular flexibility index (Phi) is 18.5. The number of hydrogen-bond donors (Lipinski definition) is 4. The summed E-state index contributed by atoms with van der Waals surface area (Å²) in [6.45, 7) is 16.3. The number of aromatic nitrogens is 6. The monoisotopic (exact) mass is 812 g/mol. The number of ether oxygens (including phenoxy) is 2. The molecule has 0 radical (unpaired) electrons. The summed E-state index contributed by atoms with van der Waals surface area (Å²) in [7, 11) is 2.45. The minimum atomic E-state index is -0.745. The smallest absolute Gasteiger partial charge is 0.404 e. The van der Waals surface area contributed by atoms with Crippen molar-refractivity contribution in [3.8, 4) is 33.6 Å². The first kappa shape index (κ1) is 47.1. The zero-order valence-corrected chi connectivity index (χ0v) is 35.7. The molecule has 0 aliphatic rings. The number of aromatic amines is 2. The van der Waals surface area contributed by atoms with E-state index in [1.54, 1.807) is 6.20 Å². The van der Waals surface area contributed by atoms with E-state index in [0.717, 1.165) is 70.2 Å². The summed E-state index contributed by atoms with van der Waals surface area (Å²) in [5.74, 6) is 2.46. The molecule has 16 nitrogen and oxygen atoms in total. The highest BCUT2D eigenvalue weighted by Crippen LogP contribution is 2.28. The summed E-state index contributed by atoms with van der Waals surface area (Å²) in [6, 6.07) is 14.2. The molecule has 6 N–H and O–H groups in total. The maximum atomic E-state index is 13.0. The van der Waals surface area contributed by atoms with Crippen molar-refractivity contribution in [1.82, 2.24) is 39.7 Å². The van der Waals surface area contributed by atoms with Gasteiger partial charge in [-0.05, 0) is 54.9 Å². The van der Waals surface area contributed by atoms with Crippen molar-refractivity contribution in [3.63, 3.8) is 0 Å². The number of nitrogens with one attached hydrogen (secondary N) is 2. The van der Waals surface area contributed by atoms with Gasteiger partial charge in [0.15, 0.2) is 5.65 Å². The van der Waals surface area contributed by atoms with Crippen LogP contribution in [0.3, 0.4) is 0 Å². The van der Waals surface area contributed by atoms with Gasteiger partial charge in [0.05, 0.1) is 49.9 Å². The summed E-state index contributed by atoms with van der Waals surface area (Å²) >= 11 is 0. The molecule has 59 heavy (non-hydrogen) atoms. The highest BCUT2D eigenvalue weighted by Gasteiger charge is 2.24. The number of hydrogen-bond acceptors (Lipinski definition) is 10. The van der Waals surface area contributed by atoms with Gasteiger partial charge in [-0.2, -0.15) is 0 Å². The third-order valence-electron chi connectivity index (χ3n) is 8.98.